The molecule has 0 aromatic carbocycles. The molecular weight excluding hydrogens is 212 g/mol. The van der Waals surface area contributed by atoms with E-state index in [-0.39, 0.29) is 12.1 Å². The van der Waals surface area contributed by atoms with Crippen LogP contribution in [-0.4, -0.2) is 12.1 Å². The molecule has 1 aliphatic heterocycles. The maximum atomic E-state index is 11.7. The fourth-order valence-electron chi connectivity index (χ4n) is 5.43. The Bertz CT molecular complexity index is 440. The Morgan fingerprint density at radius 3 is 2.88 bits per heavy atom. The van der Waals surface area contributed by atoms with Crippen molar-refractivity contribution in [1.29, 1.82) is 0 Å². The molecule has 0 amide bonds. The predicted octanol–water partition coefficient (Wildman–Crippen LogP) is 2.93. The highest BCUT2D eigenvalue weighted by Crippen LogP contribution is 2.76. The van der Waals surface area contributed by atoms with E-state index < -0.39 is 0 Å². The van der Waals surface area contributed by atoms with Crippen molar-refractivity contribution in [3.8, 4) is 0 Å². The number of carbonyl (C=O) groups excluding carboxylic acids is 1. The van der Waals surface area contributed by atoms with E-state index in [0.29, 0.717) is 22.7 Å². The van der Waals surface area contributed by atoms with Crippen molar-refractivity contribution >= 4 is 5.97 Å². The third-order valence-electron chi connectivity index (χ3n) is 6.34. The Kier molecular flexibility index (Phi) is 1.57. The Hall–Kier alpha value is -0.790. The molecule has 2 heteroatoms. The van der Waals surface area contributed by atoms with Gasteiger partial charge in [-0.3, -0.25) is 0 Å². The second kappa shape index (κ2) is 2.62. The summed E-state index contributed by atoms with van der Waals surface area (Å²) < 4.78 is 5.68. The Morgan fingerprint density at radius 1 is 1.35 bits per heavy atom. The van der Waals surface area contributed by atoms with Crippen LogP contribution in [0.2, 0.25) is 0 Å². The summed E-state index contributed by atoms with van der Waals surface area (Å²) >= 11 is 0. The van der Waals surface area contributed by atoms with Gasteiger partial charge in [0, 0.05) is 17.4 Å². The van der Waals surface area contributed by atoms with Crippen LogP contribution in [0.1, 0.15) is 39.5 Å². The van der Waals surface area contributed by atoms with E-state index in [0.717, 1.165) is 17.9 Å². The summed E-state index contributed by atoms with van der Waals surface area (Å²) in [6, 6.07) is 0. The summed E-state index contributed by atoms with van der Waals surface area (Å²) in [6.45, 7) is 8.77. The van der Waals surface area contributed by atoms with Crippen molar-refractivity contribution in [3.05, 3.63) is 12.2 Å². The molecule has 4 fully saturated rings. The average molecular weight is 232 g/mol. The molecule has 3 aliphatic carbocycles. The number of rotatable bonds is 0. The van der Waals surface area contributed by atoms with Gasteiger partial charge in [-0.15, -0.1) is 0 Å². The maximum Gasteiger partial charge on any atom is 0.334 e. The zero-order valence-electron chi connectivity index (χ0n) is 10.7. The topological polar surface area (TPSA) is 26.3 Å². The molecular formula is C15H20O2. The second-order valence-corrected chi connectivity index (χ2v) is 7.28. The minimum absolute atomic E-state index is 0.128. The SMILES string of the molecule is C=C1C(=O)OC2C1CCC1(C)CC3CC3(C)C21. The normalized spacial score (nSPS) is 59.4. The molecule has 1 saturated heterocycles. The van der Waals surface area contributed by atoms with Gasteiger partial charge in [-0.1, -0.05) is 20.4 Å². The number of ether oxygens (including phenoxy) is 1. The summed E-state index contributed by atoms with van der Waals surface area (Å²) in [5, 5.41) is 0. The monoisotopic (exact) mass is 232 g/mol. The van der Waals surface area contributed by atoms with Gasteiger partial charge >= 0.3 is 5.97 Å². The van der Waals surface area contributed by atoms with Crippen molar-refractivity contribution < 1.29 is 9.53 Å². The molecule has 6 atom stereocenters. The van der Waals surface area contributed by atoms with E-state index >= 15 is 0 Å². The highest BCUT2D eigenvalue weighted by Gasteiger charge is 2.72. The van der Waals surface area contributed by atoms with E-state index in [1.165, 1.54) is 19.3 Å². The molecule has 6 unspecified atom stereocenters. The van der Waals surface area contributed by atoms with Crippen LogP contribution < -0.4 is 0 Å². The quantitative estimate of drug-likeness (QED) is 0.474. The Balaban J connectivity index is 1.77. The van der Waals surface area contributed by atoms with Gasteiger partial charge in [0.25, 0.3) is 0 Å². The van der Waals surface area contributed by atoms with E-state index in [4.69, 9.17) is 4.74 Å². The lowest BCUT2D eigenvalue weighted by atomic mass is 9.60. The van der Waals surface area contributed by atoms with Gasteiger partial charge in [0.1, 0.15) is 6.10 Å². The van der Waals surface area contributed by atoms with Crippen molar-refractivity contribution in [2.45, 2.75) is 45.6 Å². The van der Waals surface area contributed by atoms with Crippen LogP contribution in [0.3, 0.4) is 0 Å². The summed E-state index contributed by atoms with van der Waals surface area (Å²) in [7, 11) is 0. The van der Waals surface area contributed by atoms with Crippen LogP contribution >= 0.6 is 0 Å². The first-order chi connectivity index (χ1) is 7.96. The van der Waals surface area contributed by atoms with Crippen LogP contribution in [0.5, 0.6) is 0 Å². The smallest absolute Gasteiger partial charge is 0.334 e. The molecule has 4 aliphatic rings. The average Bonchev–Trinajstić information content (AvgIpc) is 2.68. The minimum atomic E-state index is -0.128. The fourth-order valence-corrected chi connectivity index (χ4v) is 5.43. The molecule has 4 rings (SSSR count). The zero-order valence-corrected chi connectivity index (χ0v) is 10.7. The molecule has 17 heavy (non-hydrogen) atoms. The Morgan fingerprint density at radius 2 is 2.12 bits per heavy atom. The van der Waals surface area contributed by atoms with Crippen LogP contribution in [0.15, 0.2) is 12.2 Å². The van der Waals surface area contributed by atoms with Gasteiger partial charge in [-0.2, -0.15) is 0 Å². The third-order valence-corrected chi connectivity index (χ3v) is 6.34. The molecule has 0 bridgehead atoms. The first-order valence-corrected chi connectivity index (χ1v) is 6.85. The first kappa shape index (κ1) is 10.2. The van der Waals surface area contributed by atoms with Crippen molar-refractivity contribution in [3.63, 3.8) is 0 Å². The second-order valence-electron chi connectivity index (χ2n) is 7.28. The molecule has 0 radical (unpaired) electrons. The zero-order chi connectivity index (χ0) is 12.0. The van der Waals surface area contributed by atoms with Gasteiger partial charge in [-0.25, -0.2) is 4.79 Å². The molecule has 92 valence electrons. The number of carbonyl (C=O) groups is 1. The van der Waals surface area contributed by atoms with Crippen LogP contribution in [0, 0.1) is 28.6 Å². The first-order valence-electron chi connectivity index (χ1n) is 6.85. The summed E-state index contributed by atoms with van der Waals surface area (Å²) in [4.78, 5) is 11.7. The van der Waals surface area contributed by atoms with Crippen molar-refractivity contribution in [1.82, 2.24) is 0 Å². The van der Waals surface area contributed by atoms with Gasteiger partial charge in [-0.05, 0) is 42.4 Å². The van der Waals surface area contributed by atoms with E-state index in [1.54, 1.807) is 0 Å². The van der Waals surface area contributed by atoms with E-state index in [9.17, 15) is 4.79 Å². The van der Waals surface area contributed by atoms with Gasteiger partial charge in [0.05, 0.1) is 0 Å². The molecule has 1 heterocycles. The highest BCUT2D eigenvalue weighted by molar-refractivity contribution is 5.91. The lowest BCUT2D eigenvalue weighted by molar-refractivity contribution is -0.147. The largest absolute Gasteiger partial charge is 0.458 e. The van der Waals surface area contributed by atoms with Crippen LogP contribution in [0.4, 0.5) is 0 Å². The van der Waals surface area contributed by atoms with Crippen LogP contribution in [0.25, 0.3) is 0 Å². The van der Waals surface area contributed by atoms with E-state index in [2.05, 4.69) is 20.4 Å². The third kappa shape index (κ3) is 1.01. The lowest BCUT2D eigenvalue weighted by Crippen LogP contribution is -2.45. The molecule has 0 aromatic rings. The number of fused-ring (bicyclic) bond motifs is 5. The number of hydrogen-bond acceptors (Lipinski definition) is 2. The number of esters is 1. The van der Waals surface area contributed by atoms with Crippen molar-refractivity contribution in [2.24, 2.45) is 28.6 Å². The van der Waals surface area contributed by atoms with Crippen LogP contribution in [-0.2, 0) is 9.53 Å². The molecule has 0 N–H and O–H groups in total. The standard InChI is InChI=1S/C15H20O2/c1-8-10-4-5-14(2)6-9-7-15(9,3)12(14)11(10)17-13(8)16/h9-12H,1,4-7H2,2-3H3. The lowest BCUT2D eigenvalue weighted by Gasteiger charge is -2.46. The fraction of sp³-hybridized carbons (Fsp3) is 0.800. The Labute approximate surface area is 102 Å². The van der Waals surface area contributed by atoms with Gasteiger partial charge < -0.3 is 4.74 Å². The maximum absolute atomic E-state index is 11.7. The molecule has 2 nitrogen and oxygen atoms in total. The molecule has 0 aromatic heterocycles. The van der Waals surface area contributed by atoms with Crippen molar-refractivity contribution in [2.75, 3.05) is 0 Å². The summed E-state index contributed by atoms with van der Waals surface area (Å²) in [5.74, 6) is 1.67. The predicted molar refractivity (Wildman–Crippen MR) is 64.2 cm³/mol. The highest BCUT2D eigenvalue weighted by atomic mass is 16.6. The minimum Gasteiger partial charge on any atom is -0.458 e. The van der Waals surface area contributed by atoms with E-state index in [1.807, 2.05) is 0 Å². The summed E-state index contributed by atoms with van der Waals surface area (Å²) in [6.07, 6.45) is 5.19. The molecule has 0 spiro atoms. The summed E-state index contributed by atoms with van der Waals surface area (Å²) in [5.41, 5.74) is 1.62. The number of hydrogen-bond donors (Lipinski definition) is 0. The van der Waals surface area contributed by atoms with Gasteiger partial charge in [0.15, 0.2) is 0 Å². The van der Waals surface area contributed by atoms with Gasteiger partial charge in [0.2, 0.25) is 0 Å². The molecule has 3 saturated carbocycles.